The highest BCUT2D eigenvalue weighted by atomic mass is 35.5. The number of fused-ring (bicyclic) bond motifs is 4. The summed E-state index contributed by atoms with van der Waals surface area (Å²) in [5.74, 6) is -0.160. The summed E-state index contributed by atoms with van der Waals surface area (Å²) in [6, 6.07) is 15.4. The fourth-order valence-corrected chi connectivity index (χ4v) is 10.0. The molecule has 10 heteroatoms. The Balaban J connectivity index is 1.32. The largest absolute Gasteiger partial charge is 0.490 e. The van der Waals surface area contributed by atoms with Crippen molar-refractivity contribution in [3.8, 4) is 5.75 Å². The topological polar surface area (TPSA) is 109 Å². The van der Waals surface area contributed by atoms with Gasteiger partial charge in [0.05, 0.1) is 23.1 Å². The van der Waals surface area contributed by atoms with Crippen molar-refractivity contribution in [2.24, 2.45) is 17.8 Å². The van der Waals surface area contributed by atoms with Crippen LogP contribution in [0.5, 0.6) is 5.75 Å². The lowest BCUT2D eigenvalue weighted by atomic mass is 9.62. The molecule has 4 aliphatic rings. The van der Waals surface area contributed by atoms with Gasteiger partial charge in [0.25, 0.3) is 5.91 Å². The van der Waals surface area contributed by atoms with E-state index in [1.54, 1.807) is 31.3 Å². The van der Waals surface area contributed by atoms with Crippen molar-refractivity contribution in [2.75, 3.05) is 24.6 Å². The van der Waals surface area contributed by atoms with Gasteiger partial charge in [-0.2, -0.15) is 0 Å². The Morgan fingerprint density at radius 1 is 1.12 bits per heavy atom. The fraction of sp³-hybridized carbons (Fsp3) is 0.487. The number of sulfonamides is 1. The number of amides is 1. The second-order valence-electron chi connectivity index (χ2n) is 15.0. The van der Waals surface area contributed by atoms with Crippen LogP contribution in [0.3, 0.4) is 0 Å². The highest BCUT2D eigenvalue weighted by Crippen LogP contribution is 2.49. The summed E-state index contributed by atoms with van der Waals surface area (Å²) >= 11 is 6.45. The van der Waals surface area contributed by atoms with Gasteiger partial charge in [-0.15, -0.1) is 0 Å². The van der Waals surface area contributed by atoms with E-state index in [0.717, 1.165) is 54.1 Å². The third-order valence-electron chi connectivity index (χ3n) is 11.7. The van der Waals surface area contributed by atoms with Crippen molar-refractivity contribution >= 4 is 33.2 Å². The molecule has 0 saturated heterocycles. The van der Waals surface area contributed by atoms with E-state index in [4.69, 9.17) is 16.3 Å². The number of nitrogens with zero attached hydrogens (tertiary/aromatic N) is 2. The van der Waals surface area contributed by atoms with E-state index in [2.05, 4.69) is 26.7 Å². The fourth-order valence-electron chi connectivity index (χ4n) is 8.55. The van der Waals surface area contributed by atoms with Crippen LogP contribution < -0.4 is 14.4 Å². The number of rotatable bonds is 2. The van der Waals surface area contributed by atoms with Crippen LogP contribution in [-0.4, -0.2) is 55.0 Å². The molecule has 1 amide bonds. The average Bonchev–Trinajstić information content (AvgIpc) is 3.18. The number of pyridine rings is 1. The number of aliphatic hydroxyl groups is 1. The Bertz CT molecular complexity index is 1900. The Hall–Kier alpha value is -3.40. The van der Waals surface area contributed by atoms with E-state index in [0.29, 0.717) is 38.3 Å². The Morgan fingerprint density at radius 3 is 2.73 bits per heavy atom. The maximum Gasteiger partial charge on any atom is 0.264 e. The molecule has 2 aliphatic carbocycles. The molecule has 49 heavy (non-hydrogen) atoms. The first-order valence-corrected chi connectivity index (χ1v) is 19.5. The van der Waals surface area contributed by atoms with Crippen molar-refractivity contribution in [2.45, 2.75) is 82.0 Å². The van der Waals surface area contributed by atoms with Crippen LogP contribution in [0.4, 0.5) is 5.69 Å². The first-order valence-electron chi connectivity index (χ1n) is 17.5. The summed E-state index contributed by atoms with van der Waals surface area (Å²) in [6.45, 7) is 7.30. The minimum atomic E-state index is -3.99. The van der Waals surface area contributed by atoms with E-state index >= 15 is 0 Å². The molecule has 6 atom stereocenters. The number of carbonyl (C=O) groups is 1. The monoisotopic (exact) mass is 703 g/mol. The number of aromatic nitrogens is 1. The van der Waals surface area contributed by atoms with Gasteiger partial charge in [0, 0.05) is 47.4 Å². The molecule has 2 aromatic carbocycles. The van der Waals surface area contributed by atoms with Gasteiger partial charge in [0.2, 0.25) is 10.0 Å². The average molecular weight is 704 g/mol. The molecule has 8 nitrogen and oxygen atoms in total. The lowest BCUT2D eigenvalue weighted by molar-refractivity contribution is -0.0452. The molecular formula is C39H46ClN3O5S. The molecular weight excluding hydrogens is 658 g/mol. The normalized spacial score (nSPS) is 31.7. The van der Waals surface area contributed by atoms with Crippen molar-refractivity contribution < 1.29 is 23.1 Å². The number of ether oxygens (including phenoxy) is 1. The number of halogens is 1. The van der Waals surface area contributed by atoms with Gasteiger partial charge in [0.1, 0.15) is 5.75 Å². The molecule has 7 rings (SSSR count). The number of hydrogen-bond donors (Lipinski definition) is 2. The van der Waals surface area contributed by atoms with Crippen molar-refractivity contribution in [3.63, 3.8) is 0 Å². The summed E-state index contributed by atoms with van der Waals surface area (Å²) < 4.78 is 35.9. The second kappa shape index (κ2) is 13.1. The summed E-state index contributed by atoms with van der Waals surface area (Å²) in [5.41, 5.74) is 3.94. The van der Waals surface area contributed by atoms with Gasteiger partial charge < -0.3 is 14.7 Å². The smallest absolute Gasteiger partial charge is 0.264 e. The van der Waals surface area contributed by atoms with Crippen LogP contribution in [0, 0.1) is 24.7 Å². The van der Waals surface area contributed by atoms with Gasteiger partial charge in [0.15, 0.2) is 0 Å². The Labute approximate surface area is 295 Å². The van der Waals surface area contributed by atoms with E-state index in [1.807, 2.05) is 44.2 Å². The lowest BCUT2D eigenvalue weighted by Gasteiger charge is -2.49. The standard InChI is InChI=1S/C39H46ClN3O5S/c1-25-14-17-41-32(18-25)21-39(45)16-4-6-26(2)27(3)49(46,47)42-37(44)29-9-13-36-35(20-29)43(22-30-8-11-34(30)39)23-38(24-48-36)15-5-7-28-19-31(40)10-12-33(28)38/h4,9-10,12-14,16-20,26-27,30,34,45H,5-8,11,15,21-24H2,1-3H3,(H,42,44)/b16-4+/t26-,27+,30-,34+,38-,39-/m0/s1. The number of allylic oxidation sites excluding steroid dienone is 1. The number of carbonyl (C=O) groups excluding carboxylic acids is 1. The highest BCUT2D eigenvalue weighted by Gasteiger charge is 2.48. The quantitative estimate of drug-likeness (QED) is 0.291. The van der Waals surface area contributed by atoms with Gasteiger partial charge in [-0.05, 0) is 129 Å². The SMILES string of the molecule is Cc1ccnc(C[C@@]2(O)/C=C/C[C@H](C)[C@@H](C)S(=O)(=O)NC(=O)c3ccc4c(c3)N(C[C@@H]3CC[C@H]32)C[C@@]2(CCCc3cc(Cl)ccc32)CO4)c1. The zero-order chi connectivity index (χ0) is 34.6. The Morgan fingerprint density at radius 2 is 1.96 bits per heavy atom. The van der Waals surface area contributed by atoms with Gasteiger partial charge in [-0.3, -0.25) is 9.78 Å². The second-order valence-corrected chi connectivity index (χ2v) is 17.5. The van der Waals surface area contributed by atoms with Crippen molar-refractivity contribution in [1.29, 1.82) is 0 Å². The van der Waals surface area contributed by atoms with Crippen molar-refractivity contribution in [1.82, 2.24) is 9.71 Å². The molecule has 1 fully saturated rings. The van der Waals surface area contributed by atoms with Crippen LogP contribution >= 0.6 is 11.6 Å². The molecule has 1 aromatic heterocycles. The molecule has 3 aromatic rings. The third-order valence-corrected chi connectivity index (χ3v) is 13.8. The van der Waals surface area contributed by atoms with Crippen molar-refractivity contribution in [3.05, 3.63) is 99.9 Å². The summed E-state index contributed by atoms with van der Waals surface area (Å²) in [6.07, 6.45) is 11.1. The maximum absolute atomic E-state index is 13.5. The molecule has 0 unspecified atom stereocenters. The number of benzene rings is 2. The van der Waals surface area contributed by atoms with Crippen LogP contribution in [-0.2, 0) is 28.3 Å². The molecule has 3 heterocycles. The van der Waals surface area contributed by atoms with Gasteiger partial charge >= 0.3 is 0 Å². The molecule has 1 spiro atoms. The van der Waals surface area contributed by atoms with Crippen LogP contribution in [0.2, 0.25) is 5.02 Å². The molecule has 2 N–H and O–H groups in total. The van der Waals surface area contributed by atoms with Gasteiger partial charge in [-0.1, -0.05) is 36.7 Å². The first kappa shape index (κ1) is 34.1. The maximum atomic E-state index is 13.5. The van der Waals surface area contributed by atoms with E-state index < -0.39 is 26.8 Å². The molecule has 2 bridgehead atoms. The molecule has 0 radical (unpaired) electrons. The molecule has 260 valence electrons. The summed E-state index contributed by atoms with van der Waals surface area (Å²) in [7, 11) is -3.99. The summed E-state index contributed by atoms with van der Waals surface area (Å²) in [5, 5.41) is 12.5. The van der Waals surface area contributed by atoms with E-state index in [-0.39, 0.29) is 28.7 Å². The minimum absolute atomic E-state index is 0.0390. The van der Waals surface area contributed by atoms with Crippen LogP contribution in [0.1, 0.15) is 78.7 Å². The number of aryl methyl sites for hydroxylation is 2. The molecule has 2 aliphatic heterocycles. The zero-order valence-corrected chi connectivity index (χ0v) is 30.1. The zero-order valence-electron chi connectivity index (χ0n) is 28.5. The van der Waals surface area contributed by atoms with E-state index in [9.17, 15) is 18.3 Å². The predicted molar refractivity (Wildman–Crippen MR) is 193 cm³/mol. The van der Waals surface area contributed by atoms with E-state index in [1.165, 1.54) is 11.1 Å². The third kappa shape index (κ3) is 6.62. The summed E-state index contributed by atoms with van der Waals surface area (Å²) in [4.78, 5) is 20.5. The Kier molecular flexibility index (Phi) is 9.07. The predicted octanol–water partition coefficient (Wildman–Crippen LogP) is 6.56. The number of hydrogen-bond acceptors (Lipinski definition) is 7. The first-order chi connectivity index (χ1) is 23.4. The highest BCUT2D eigenvalue weighted by molar-refractivity contribution is 7.90. The van der Waals surface area contributed by atoms with Gasteiger partial charge in [-0.25, -0.2) is 13.1 Å². The minimum Gasteiger partial charge on any atom is -0.490 e. The van der Waals surface area contributed by atoms with Crippen LogP contribution in [0.15, 0.2) is 66.9 Å². The van der Waals surface area contributed by atoms with Crippen LogP contribution in [0.25, 0.3) is 0 Å². The number of anilines is 1. The number of nitrogens with one attached hydrogen (secondary N) is 1. The molecule has 1 saturated carbocycles. The lowest BCUT2D eigenvalue weighted by Crippen LogP contribution is -2.53.